The number of hydrogen-bond acceptors (Lipinski definition) is 5. The molecule has 0 bridgehead atoms. The molecule has 3 N–H and O–H groups in total. The Bertz CT molecular complexity index is 466. The number of ether oxygens (including phenoxy) is 1. The van der Waals surface area contributed by atoms with Crippen molar-refractivity contribution in [3.8, 4) is 0 Å². The van der Waals surface area contributed by atoms with E-state index in [1.54, 1.807) is 6.20 Å². The van der Waals surface area contributed by atoms with Crippen molar-refractivity contribution in [2.24, 2.45) is 0 Å². The number of morpholine rings is 1. The van der Waals surface area contributed by atoms with Crippen LogP contribution in [-0.2, 0) is 4.74 Å². The Kier molecular flexibility index (Phi) is 3.43. The number of aliphatic hydroxyl groups excluding tert-OH is 1. The van der Waals surface area contributed by atoms with E-state index in [-0.39, 0.29) is 6.10 Å². The number of aryl methyl sites for hydroxylation is 1. The zero-order chi connectivity index (χ0) is 13.4. The smallest absolute Gasteiger partial charge is 0.129 e. The zero-order valence-electron chi connectivity index (χ0n) is 11.2. The third kappa shape index (κ3) is 2.45. The lowest BCUT2D eigenvalue weighted by Crippen LogP contribution is -2.48. The number of anilines is 1. The standard InChI is InChI=1S/C14H21N3O2/c1-9-5-11(14(15)16-6-9)13(18)12-7-17-4-2-3-10(17)8-19-12/h5-6,10,12-13,18H,2-4,7-8H2,1H3,(H2,15,16). The van der Waals surface area contributed by atoms with Gasteiger partial charge >= 0.3 is 0 Å². The zero-order valence-corrected chi connectivity index (χ0v) is 11.2. The Labute approximate surface area is 113 Å². The summed E-state index contributed by atoms with van der Waals surface area (Å²) >= 11 is 0. The summed E-state index contributed by atoms with van der Waals surface area (Å²) in [5.74, 6) is 0.394. The van der Waals surface area contributed by atoms with Crippen LogP contribution in [0.3, 0.4) is 0 Å². The molecular formula is C14H21N3O2. The van der Waals surface area contributed by atoms with E-state index in [9.17, 15) is 5.11 Å². The average molecular weight is 263 g/mol. The van der Waals surface area contributed by atoms with Crippen molar-refractivity contribution in [1.82, 2.24) is 9.88 Å². The minimum Gasteiger partial charge on any atom is -0.385 e. The molecule has 3 unspecified atom stereocenters. The number of nitrogens with zero attached hydrogens (tertiary/aromatic N) is 2. The maximum atomic E-state index is 10.5. The summed E-state index contributed by atoms with van der Waals surface area (Å²) in [5.41, 5.74) is 7.54. The Morgan fingerprint density at radius 2 is 2.42 bits per heavy atom. The maximum absolute atomic E-state index is 10.5. The predicted molar refractivity (Wildman–Crippen MR) is 72.7 cm³/mol. The van der Waals surface area contributed by atoms with Crippen LogP contribution in [-0.4, -0.2) is 46.8 Å². The van der Waals surface area contributed by atoms with Gasteiger partial charge in [-0.1, -0.05) is 0 Å². The van der Waals surface area contributed by atoms with Gasteiger partial charge in [0, 0.05) is 24.3 Å². The van der Waals surface area contributed by atoms with Crippen LogP contribution in [0, 0.1) is 6.92 Å². The highest BCUT2D eigenvalue weighted by Gasteiger charge is 2.36. The fourth-order valence-corrected chi connectivity index (χ4v) is 3.07. The third-order valence-electron chi connectivity index (χ3n) is 4.17. The summed E-state index contributed by atoms with van der Waals surface area (Å²) in [6.07, 6.45) is 3.24. The molecule has 5 heteroatoms. The van der Waals surface area contributed by atoms with Crippen LogP contribution in [0.25, 0.3) is 0 Å². The first kappa shape index (κ1) is 12.8. The number of rotatable bonds is 2. The molecule has 3 atom stereocenters. The van der Waals surface area contributed by atoms with Crippen molar-refractivity contribution in [3.05, 3.63) is 23.4 Å². The van der Waals surface area contributed by atoms with E-state index < -0.39 is 6.10 Å². The first-order chi connectivity index (χ1) is 9.15. The Hall–Kier alpha value is -1.17. The van der Waals surface area contributed by atoms with Gasteiger partial charge in [0.1, 0.15) is 18.0 Å². The molecule has 2 aliphatic heterocycles. The fraction of sp³-hybridized carbons (Fsp3) is 0.643. The summed E-state index contributed by atoms with van der Waals surface area (Å²) in [6.45, 7) is 4.54. The van der Waals surface area contributed by atoms with Crippen molar-refractivity contribution < 1.29 is 9.84 Å². The number of hydrogen-bond donors (Lipinski definition) is 2. The number of aliphatic hydroxyl groups is 1. The van der Waals surface area contributed by atoms with Crippen molar-refractivity contribution in [3.63, 3.8) is 0 Å². The average Bonchev–Trinajstić information content (AvgIpc) is 2.88. The van der Waals surface area contributed by atoms with Crippen molar-refractivity contribution in [1.29, 1.82) is 0 Å². The van der Waals surface area contributed by atoms with E-state index in [4.69, 9.17) is 10.5 Å². The maximum Gasteiger partial charge on any atom is 0.129 e. The number of pyridine rings is 1. The summed E-state index contributed by atoms with van der Waals surface area (Å²) in [4.78, 5) is 6.52. The molecule has 2 saturated heterocycles. The molecule has 0 aromatic carbocycles. The van der Waals surface area contributed by atoms with Gasteiger partial charge in [-0.15, -0.1) is 0 Å². The molecule has 1 aromatic heterocycles. The topological polar surface area (TPSA) is 71.6 Å². The molecule has 5 nitrogen and oxygen atoms in total. The number of fused-ring (bicyclic) bond motifs is 1. The van der Waals surface area contributed by atoms with Crippen LogP contribution in [0.5, 0.6) is 0 Å². The molecule has 104 valence electrons. The molecule has 0 aliphatic carbocycles. The summed E-state index contributed by atoms with van der Waals surface area (Å²) in [7, 11) is 0. The first-order valence-corrected chi connectivity index (χ1v) is 6.91. The molecule has 3 rings (SSSR count). The van der Waals surface area contributed by atoms with Crippen LogP contribution >= 0.6 is 0 Å². The highest BCUT2D eigenvalue weighted by atomic mass is 16.5. The molecule has 2 fully saturated rings. The minimum absolute atomic E-state index is 0.208. The predicted octanol–water partition coefficient (Wildman–Crippen LogP) is 0.869. The Morgan fingerprint density at radius 3 is 3.26 bits per heavy atom. The van der Waals surface area contributed by atoms with E-state index in [0.717, 1.165) is 18.7 Å². The highest BCUT2D eigenvalue weighted by Crippen LogP contribution is 2.30. The van der Waals surface area contributed by atoms with Gasteiger partial charge in [0.05, 0.1) is 6.61 Å². The largest absolute Gasteiger partial charge is 0.385 e. The normalized spacial score (nSPS) is 29.2. The molecule has 0 saturated carbocycles. The second-order valence-corrected chi connectivity index (χ2v) is 5.59. The Morgan fingerprint density at radius 1 is 1.58 bits per heavy atom. The lowest BCUT2D eigenvalue weighted by atomic mass is 10.0. The lowest BCUT2D eigenvalue weighted by molar-refractivity contribution is -0.103. The Balaban J connectivity index is 1.76. The van der Waals surface area contributed by atoms with E-state index in [1.165, 1.54) is 12.8 Å². The monoisotopic (exact) mass is 263 g/mol. The van der Waals surface area contributed by atoms with Crippen molar-refractivity contribution >= 4 is 5.82 Å². The van der Waals surface area contributed by atoms with Gasteiger partial charge in [0.2, 0.25) is 0 Å². The quantitative estimate of drug-likeness (QED) is 0.828. The van der Waals surface area contributed by atoms with Crippen LogP contribution < -0.4 is 5.73 Å². The molecule has 0 spiro atoms. The number of nitrogens with two attached hydrogens (primary N) is 1. The SMILES string of the molecule is Cc1cnc(N)c(C(O)C2CN3CCCC3CO2)c1. The van der Waals surface area contributed by atoms with Crippen molar-refractivity contribution in [2.75, 3.05) is 25.4 Å². The molecule has 19 heavy (non-hydrogen) atoms. The van der Waals surface area contributed by atoms with E-state index in [1.807, 2.05) is 13.0 Å². The molecule has 1 aromatic rings. The number of aromatic nitrogens is 1. The first-order valence-electron chi connectivity index (χ1n) is 6.91. The fourth-order valence-electron chi connectivity index (χ4n) is 3.07. The second-order valence-electron chi connectivity index (χ2n) is 5.59. The summed E-state index contributed by atoms with van der Waals surface area (Å²) in [6, 6.07) is 2.43. The molecule has 0 radical (unpaired) electrons. The van der Waals surface area contributed by atoms with Gasteiger partial charge in [-0.25, -0.2) is 4.98 Å². The summed E-state index contributed by atoms with van der Waals surface area (Å²) in [5, 5.41) is 10.5. The van der Waals surface area contributed by atoms with E-state index in [2.05, 4.69) is 9.88 Å². The summed E-state index contributed by atoms with van der Waals surface area (Å²) < 4.78 is 5.83. The molecule has 2 aliphatic rings. The minimum atomic E-state index is -0.700. The second kappa shape index (κ2) is 5.07. The van der Waals surface area contributed by atoms with E-state index in [0.29, 0.717) is 24.0 Å². The third-order valence-corrected chi connectivity index (χ3v) is 4.17. The van der Waals surface area contributed by atoms with E-state index >= 15 is 0 Å². The van der Waals surface area contributed by atoms with Crippen LogP contribution in [0.4, 0.5) is 5.82 Å². The van der Waals surface area contributed by atoms with Gasteiger partial charge in [-0.2, -0.15) is 0 Å². The van der Waals surface area contributed by atoms with Gasteiger partial charge in [-0.05, 0) is 37.9 Å². The highest BCUT2D eigenvalue weighted by molar-refractivity contribution is 5.42. The lowest BCUT2D eigenvalue weighted by Gasteiger charge is -2.37. The van der Waals surface area contributed by atoms with Gasteiger partial charge in [-0.3, -0.25) is 4.90 Å². The number of nitrogen functional groups attached to an aromatic ring is 1. The molecule has 0 amide bonds. The van der Waals surface area contributed by atoms with Crippen LogP contribution in [0.2, 0.25) is 0 Å². The van der Waals surface area contributed by atoms with Crippen LogP contribution in [0.1, 0.15) is 30.1 Å². The van der Waals surface area contributed by atoms with Crippen molar-refractivity contribution in [2.45, 2.75) is 38.0 Å². The van der Waals surface area contributed by atoms with Gasteiger partial charge in [0.25, 0.3) is 0 Å². The van der Waals surface area contributed by atoms with Gasteiger partial charge in [0.15, 0.2) is 0 Å². The van der Waals surface area contributed by atoms with Gasteiger partial charge < -0.3 is 15.6 Å². The van der Waals surface area contributed by atoms with Crippen LogP contribution in [0.15, 0.2) is 12.3 Å². The molecule has 3 heterocycles. The molecular weight excluding hydrogens is 242 g/mol.